The van der Waals surface area contributed by atoms with Gasteiger partial charge in [0.15, 0.2) is 0 Å². The van der Waals surface area contributed by atoms with Crippen molar-refractivity contribution >= 4 is 5.91 Å². The Morgan fingerprint density at radius 2 is 2.00 bits per heavy atom. The van der Waals surface area contributed by atoms with Crippen LogP contribution >= 0.6 is 0 Å². The minimum absolute atomic E-state index is 0.361. The first-order chi connectivity index (χ1) is 8.38. The van der Waals surface area contributed by atoms with E-state index in [1.165, 1.54) is 6.92 Å². The number of carbonyl (C=O) groups excluding carboxylic acids is 1. The van der Waals surface area contributed by atoms with Gasteiger partial charge in [-0.25, -0.2) is 0 Å². The molecule has 1 rings (SSSR count). The van der Waals surface area contributed by atoms with Gasteiger partial charge in [0, 0.05) is 12.1 Å². The number of carbonyl (C=O) groups is 1. The van der Waals surface area contributed by atoms with E-state index < -0.39 is 6.10 Å². The van der Waals surface area contributed by atoms with E-state index in [9.17, 15) is 4.79 Å². The lowest BCUT2D eigenvalue weighted by molar-refractivity contribution is -0.128. The number of aryl methyl sites for hydroxylation is 2. The quantitative estimate of drug-likeness (QED) is 0.855. The molecule has 0 aliphatic carbocycles. The van der Waals surface area contributed by atoms with Crippen molar-refractivity contribution in [2.45, 2.75) is 40.3 Å². The highest BCUT2D eigenvalue weighted by Gasteiger charge is 2.14. The molecule has 1 atom stereocenters. The minimum atomic E-state index is -0.997. The fraction of sp³-hybridized carbons (Fsp3) is 0.500. The minimum Gasteiger partial charge on any atom is -0.496 e. The predicted molar refractivity (Wildman–Crippen MR) is 70.7 cm³/mol. The van der Waals surface area contributed by atoms with E-state index in [1.807, 2.05) is 20.8 Å². The molecule has 100 valence electrons. The van der Waals surface area contributed by atoms with Crippen LogP contribution in [0.2, 0.25) is 0 Å². The number of nitrogens with one attached hydrogen (secondary N) is 1. The molecule has 0 saturated carbocycles. The van der Waals surface area contributed by atoms with Gasteiger partial charge < -0.3 is 15.2 Å². The van der Waals surface area contributed by atoms with Crippen molar-refractivity contribution in [3.05, 3.63) is 28.3 Å². The number of ether oxygens (including phenoxy) is 1. The van der Waals surface area contributed by atoms with Crippen LogP contribution in [0.3, 0.4) is 0 Å². The van der Waals surface area contributed by atoms with Gasteiger partial charge in [-0.05, 0) is 44.4 Å². The maximum absolute atomic E-state index is 11.4. The summed E-state index contributed by atoms with van der Waals surface area (Å²) in [5.41, 5.74) is 4.26. The molecular weight excluding hydrogens is 230 g/mol. The topological polar surface area (TPSA) is 58.6 Å². The van der Waals surface area contributed by atoms with Crippen molar-refractivity contribution in [2.24, 2.45) is 0 Å². The molecular formula is C14H21NO3. The van der Waals surface area contributed by atoms with E-state index >= 15 is 0 Å². The summed E-state index contributed by atoms with van der Waals surface area (Å²) in [6.45, 7) is 7.81. The van der Waals surface area contributed by atoms with Gasteiger partial charge in [0.1, 0.15) is 11.9 Å². The molecule has 0 radical (unpaired) electrons. The second-order valence-electron chi connectivity index (χ2n) is 4.54. The summed E-state index contributed by atoms with van der Waals surface area (Å²) in [6.07, 6.45) is -0.997. The average Bonchev–Trinajstić information content (AvgIpc) is 2.31. The first-order valence-corrected chi connectivity index (χ1v) is 5.98. The molecule has 0 aromatic heterocycles. The summed E-state index contributed by atoms with van der Waals surface area (Å²) >= 11 is 0. The first kappa shape index (κ1) is 14.5. The highest BCUT2D eigenvalue weighted by molar-refractivity contribution is 5.80. The normalized spacial score (nSPS) is 12.1. The zero-order valence-electron chi connectivity index (χ0n) is 11.6. The maximum atomic E-state index is 11.4. The molecule has 0 bridgehead atoms. The van der Waals surface area contributed by atoms with Crippen LogP contribution in [0.25, 0.3) is 0 Å². The van der Waals surface area contributed by atoms with Gasteiger partial charge in [0.2, 0.25) is 5.91 Å². The van der Waals surface area contributed by atoms with Crippen LogP contribution in [0, 0.1) is 20.8 Å². The number of hydrogen-bond donors (Lipinski definition) is 2. The third-order valence-corrected chi connectivity index (χ3v) is 3.14. The second-order valence-corrected chi connectivity index (χ2v) is 4.54. The fourth-order valence-corrected chi connectivity index (χ4v) is 1.92. The Morgan fingerprint density at radius 1 is 1.39 bits per heavy atom. The van der Waals surface area contributed by atoms with E-state index in [2.05, 4.69) is 11.4 Å². The number of rotatable bonds is 4. The maximum Gasteiger partial charge on any atom is 0.248 e. The SMILES string of the molecule is COc1c(C)c(C)cc(C)c1CNC(=O)C(C)O. The molecule has 18 heavy (non-hydrogen) atoms. The zero-order valence-corrected chi connectivity index (χ0v) is 11.6. The predicted octanol–water partition coefficient (Wildman–Crippen LogP) is 1.62. The van der Waals surface area contributed by atoms with Crippen LogP contribution < -0.4 is 10.1 Å². The molecule has 4 nitrogen and oxygen atoms in total. The Morgan fingerprint density at radius 3 is 2.50 bits per heavy atom. The Balaban J connectivity index is 3.01. The summed E-state index contributed by atoms with van der Waals surface area (Å²) < 4.78 is 5.42. The lowest BCUT2D eigenvalue weighted by atomic mass is 9.99. The summed E-state index contributed by atoms with van der Waals surface area (Å²) in [7, 11) is 1.63. The van der Waals surface area contributed by atoms with Crippen molar-refractivity contribution in [1.29, 1.82) is 0 Å². The summed E-state index contributed by atoms with van der Waals surface area (Å²) in [6, 6.07) is 2.07. The Labute approximate surface area is 108 Å². The Kier molecular flexibility index (Phi) is 4.73. The van der Waals surface area contributed by atoms with E-state index in [1.54, 1.807) is 7.11 Å². The molecule has 0 aliphatic rings. The number of amides is 1. The van der Waals surface area contributed by atoms with Crippen LogP contribution in [0.4, 0.5) is 0 Å². The van der Waals surface area contributed by atoms with Gasteiger partial charge >= 0.3 is 0 Å². The van der Waals surface area contributed by atoms with E-state index in [4.69, 9.17) is 9.84 Å². The molecule has 0 aliphatic heterocycles. The Hall–Kier alpha value is -1.55. The average molecular weight is 251 g/mol. The standard InChI is InChI=1S/C14H21NO3/c1-8-6-9(2)12(13(18-5)10(8)3)7-15-14(17)11(4)16/h6,11,16H,7H2,1-5H3,(H,15,17). The molecule has 1 aromatic carbocycles. The monoisotopic (exact) mass is 251 g/mol. The van der Waals surface area contributed by atoms with Gasteiger partial charge in [0.25, 0.3) is 0 Å². The van der Waals surface area contributed by atoms with Crippen molar-refractivity contribution in [3.8, 4) is 5.75 Å². The van der Waals surface area contributed by atoms with Crippen molar-refractivity contribution in [1.82, 2.24) is 5.32 Å². The molecule has 0 heterocycles. The zero-order chi connectivity index (χ0) is 13.9. The van der Waals surface area contributed by atoms with Crippen LogP contribution in [0.1, 0.15) is 29.2 Å². The number of aliphatic hydroxyl groups is 1. The number of hydrogen-bond acceptors (Lipinski definition) is 3. The lowest BCUT2D eigenvalue weighted by Gasteiger charge is -2.17. The van der Waals surface area contributed by atoms with Crippen LogP contribution in [-0.2, 0) is 11.3 Å². The molecule has 0 spiro atoms. The number of benzene rings is 1. The first-order valence-electron chi connectivity index (χ1n) is 5.98. The number of methoxy groups -OCH3 is 1. The van der Waals surface area contributed by atoms with Crippen molar-refractivity contribution < 1.29 is 14.6 Å². The molecule has 2 N–H and O–H groups in total. The lowest BCUT2D eigenvalue weighted by Crippen LogP contribution is -2.32. The highest BCUT2D eigenvalue weighted by atomic mass is 16.5. The van der Waals surface area contributed by atoms with Gasteiger partial charge in [-0.1, -0.05) is 6.07 Å². The summed E-state index contributed by atoms with van der Waals surface area (Å²) in [5.74, 6) is 0.424. The van der Waals surface area contributed by atoms with Gasteiger partial charge in [-0.3, -0.25) is 4.79 Å². The molecule has 0 saturated heterocycles. The third kappa shape index (κ3) is 3.01. The second kappa shape index (κ2) is 5.87. The van der Waals surface area contributed by atoms with Gasteiger partial charge in [-0.2, -0.15) is 0 Å². The highest BCUT2D eigenvalue weighted by Crippen LogP contribution is 2.29. The van der Waals surface area contributed by atoms with Crippen LogP contribution in [0.5, 0.6) is 5.75 Å². The Bertz CT molecular complexity index is 453. The molecule has 1 aromatic rings. The number of aliphatic hydroxyl groups excluding tert-OH is 1. The molecule has 0 fully saturated rings. The molecule has 4 heteroatoms. The molecule has 1 unspecified atom stereocenters. The van der Waals surface area contributed by atoms with Crippen LogP contribution in [-0.4, -0.2) is 24.2 Å². The summed E-state index contributed by atoms with van der Waals surface area (Å²) in [5, 5.41) is 11.8. The smallest absolute Gasteiger partial charge is 0.248 e. The van der Waals surface area contributed by atoms with E-state index in [-0.39, 0.29) is 5.91 Å². The van der Waals surface area contributed by atoms with Gasteiger partial charge in [0.05, 0.1) is 7.11 Å². The third-order valence-electron chi connectivity index (χ3n) is 3.14. The van der Waals surface area contributed by atoms with Crippen molar-refractivity contribution in [3.63, 3.8) is 0 Å². The van der Waals surface area contributed by atoms with Crippen LogP contribution in [0.15, 0.2) is 6.07 Å². The van der Waals surface area contributed by atoms with E-state index in [0.29, 0.717) is 6.54 Å². The fourth-order valence-electron chi connectivity index (χ4n) is 1.92. The largest absolute Gasteiger partial charge is 0.496 e. The summed E-state index contributed by atoms with van der Waals surface area (Å²) in [4.78, 5) is 11.4. The van der Waals surface area contributed by atoms with E-state index in [0.717, 1.165) is 28.0 Å². The van der Waals surface area contributed by atoms with Gasteiger partial charge in [-0.15, -0.1) is 0 Å². The van der Waals surface area contributed by atoms with Crippen molar-refractivity contribution in [2.75, 3.05) is 7.11 Å². The molecule has 1 amide bonds.